The molecule has 1 N–H and O–H groups in total. The minimum Gasteiger partial charge on any atom is -0.465 e. The summed E-state index contributed by atoms with van der Waals surface area (Å²) in [5.41, 5.74) is 17.4. The van der Waals surface area contributed by atoms with Gasteiger partial charge in [-0.05, 0) is 314 Å². The van der Waals surface area contributed by atoms with Crippen molar-refractivity contribution in [3.05, 3.63) is 336 Å². The number of ether oxygens (including phenoxy) is 2. The first-order valence-corrected chi connectivity index (χ1v) is 49.7. The molecule has 140 heavy (non-hydrogen) atoms. The smallest absolute Gasteiger partial charge is 0.465 e. The van der Waals surface area contributed by atoms with Gasteiger partial charge in [-0.3, -0.25) is 0 Å². The van der Waals surface area contributed by atoms with Crippen LogP contribution in [-0.2, 0) is 48.4 Å². The molecule has 0 spiro atoms. The second-order valence-electron chi connectivity index (χ2n) is 38.5. The van der Waals surface area contributed by atoms with Crippen LogP contribution in [0.1, 0.15) is 148 Å². The maximum Gasteiger partial charge on any atom is 0.494 e. The zero-order chi connectivity index (χ0) is 100. The predicted octanol–water partition coefficient (Wildman–Crippen LogP) is 33.2. The van der Waals surface area contributed by atoms with Crippen LogP contribution in [0, 0.1) is 0 Å². The van der Waals surface area contributed by atoms with Crippen molar-refractivity contribution >= 4 is 250 Å². The van der Waals surface area contributed by atoms with E-state index in [0.717, 1.165) is 136 Å². The molecule has 716 valence electrons. The fourth-order valence-corrected chi connectivity index (χ4v) is 18.8. The topological polar surface area (TPSA) is 194 Å². The summed E-state index contributed by atoms with van der Waals surface area (Å²) in [6, 6.07) is 90.9. The summed E-state index contributed by atoms with van der Waals surface area (Å²) >= 11 is 40.3. The average molecular weight is 2120 g/mol. The zero-order valence-corrected chi connectivity index (χ0v) is 88.3. The van der Waals surface area contributed by atoms with Gasteiger partial charge < -0.3 is 64.6 Å². The lowest BCUT2D eigenvalue weighted by Gasteiger charge is -2.32. The number of furan rings is 5. The second kappa shape index (κ2) is 40.8. The van der Waals surface area contributed by atoms with E-state index in [1.54, 1.807) is 44.2 Å². The molecular weight excluding hydrogens is 2020 g/mol. The number of alkyl halides is 2. The second-order valence-corrected chi connectivity index (χ2v) is 42.8. The van der Waals surface area contributed by atoms with E-state index in [4.69, 9.17) is 124 Å². The number of hydrogen-bond donors (Lipinski definition) is 1. The fraction of sp³-hybridized carbons (Fsp3) is 0.239. The molecule has 8 heterocycles. The Balaban J connectivity index is 0.000000118. The molecule has 3 aliphatic heterocycles. The van der Waals surface area contributed by atoms with Gasteiger partial charge in [-0.25, -0.2) is 9.59 Å². The molecule has 0 bridgehead atoms. The highest BCUT2D eigenvalue weighted by Crippen LogP contribution is 2.53. The first-order chi connectivity index (χ1) is 66.3. The van der Waals surface area contributed by atoms with Gasteiger partial charge in [-0.1, -0.05) is 210 Å². The summed E-state index contributed by atoms with van der Waals surface area (Å²) in [5.74, 6) is -0.811. The lowest BCUT2D eigenvalue weighted by atomic mass is 9.49. The van der Waals surface area contributed by atoms with Crippen LogP contribution in [-0.4, -0.2) is 91.3 Å². The highest BCUT2D eigenvalue weighted by molar-refractivity contribution is 9.10. The molecule has 3 fully saturated rings. The summed E-state index contributed by atoms with van der Waals surface area (Å²) in [7, 11) is 1.39. The van der Waals surface area contributed by atoms with Crippen LogP contribution in [0.5, 0.6) is 0 Å². The van der Waals surface area contributed by atoms with E-state index >= 15 is 0 Å². The van der Waals surface area contributed by atoms with Gasteiger partial charge in [0, 0.05) is 88.3 Å². The molecule has 0 radical (unpaired) electrons. The molecule has 0 amide bonds. The highest BCUT2D eigenvalue weighted by Gasteiger charge is 2.64. The summed E-state index contributed by atoms with van der Waals surface area (Å²) in [4.78, 5) is 23.2. The number of para-hydroxylation sites is 5. The minimum atomic E-state index is -0.979. The van der Waals surface area contributed by atoms with Crippen molar-refractivity contribution in [3.8, 4) is 33.4 Å². The van der Waals surface area contributed by atoms with Gasteiger partial charge >= 0.3 is 33.1 Å². The molecule has 1 aliphatic carbocycles. The van der Waals surface area contributed by atoms with Crippen LogP contribution in [0.3, 0.4) is 0 Å². The van der Waals surface area contributed by atoms with Crippen LogP contribution in [0.15, 0.2) is 310 Å². The van der Waals surface area contributed by atoms with Gasteiger partial charge in [0.1, 0.15) is 55.8 Å². The molecule has 14 aromatic carbocycles. The molecule has 27 heteroatoms. The number of fused-ring (bicyclic) bond motifs is 18. The molecule has 16 nitrogen and oxygen atoms in total. The normalized spacial score (nSPS) is 15.8. The van der Waals surface area contributed by atoms with Crippen LogP contribution in [0.4, 0.5) is 0 Å². The van der Waals surface area contributed by atoms with Crippen molar-refractivity contribution in [2.45, 2.75) is 155 Å². The average Bonchev–Trinajstić information content (AvgIpc) is 1.55. The third-order valence-electron chi connectivity index (χ3n) is 26.9. The summed E-state index contributed by atoms with van der Waals surface area (Å²) in [6.45, 7) is 32.5. The van der Waals surface area contributed by atoms with Crippen molar-refractivity contribution < 1.29 is 74.2 Å². The van der Waals surface area contributed by atoms with Crippen molar-refractivity contribution in [2.75, 3.05) is 19.6 Å². The molecule has 0 atom stereocenters. The number of hydrogen-bond acceptors (Lipinski definition) is 16. The van der Waals surface area contributed by atoms with E-state index < -0.39 is 31.6 Å². The number of rotatable bonds is 7. The number of aliphatic hydroxyl groups is 1. The Morgan fingerprint density at radius 1 is 0.329 bits per heavy atom. The van der Waals surface area contributed by atoms with Gasteiger partial charge in [-0.15, -0.1) is 23.2 Å². The number of esters is 2. The molecule has 4 aliphatic rings. The third kappa shape index (κ3) is 21.1. The molecule has 3 saturated heterocycles. The fourth-order valence-electron chi connectivity index (χ4n) is 17.4. The zero-order valence-electron chi connectivity index (χ0n) is 80.6. The van der Waals surface area contributed by atoms with Crippen molar-refractivity contribution in [1.29, 1.82) is 0 Å². The maximum atomic E-state index is 12.1. The molecule has 23 rings (SSSR count). The Morgan fingerprint density at radius 3 is 1.09 bits per heavy atom. The first-order valence-electron chi connectivity index (χ1n) is 45.5. The van der Waals surface area contributed by atoms with E-state index in [1.807, 2.05) is 231 Å². The molecule has 5 aromatic heterocycles. The summed E-state index contributed by atoms with van der Waals surface area (Å²) < 4.78 is 76.7. The van der Waals surface area contributed by atoms with Crippen molar-refractivity contribution in [1.82, 2.24) is 0 Å². The van der Waals surface area contributed by atoms with E-state index in [9.17, 15) is 14.7 Å². The van der Waals surface area contributed by atoms with E-state index in [0.29, 0.717) is 30.7 Å². The third-order valence-corrected chi connectivity index (χ3v) is 29.0. The van der Waals surface area contributed by atoms with Crippen molar-refractivity contribution in [2.24, 2.45) is 0 Å². The van der Waals surface area contributed by atoms with Gasteiger partial charge in [0.2, 0.25) is 0 Å². The number of halogens is 8. The van der Waals surface area contributed by atoms with Gasteiger partial charge in [-0.2, -0.15) is 0 Å². The molecule has 0 unspecified atom stereocenters. The maximum absolute atomic E-state index is 12.1. The molecule has 0 saturated carbocycles. The quantitative estimate of drug-likeness (QED) is 0.0898. The standard InChI is InChI=1S/C21H17ClO2.C21H15ClO.C20H13ClO3.C18H19BO3.C12H24B2O4.C12H7BrO.C8H6BrClO2.CH2Cl2/c1-21(2,23)18-12-14(22)8-9-15(18)13-7-10-20-17(11-13)16-5-3-4-6-19(16)24-20;1-21(2)17-9-12(22)7-8-13(17)15-10-16-14-5-3-4-6-19(14)23-20(16)11-18(15)21;1-23-20(22)17-11-13(21)7-8-14(17)12-6-9-19-16(10-12)15-4-2-3-5-18(15)24-19;1-17(2)18(3,4)22-19(21-17)12-9-10-16-14(11-12)13-7-5-6-8-15(13)20-16;1-9(2)10(3,4)16-13(15-9)14-17-11(5,6)12(7,8)18-14;13-8-5-6-12-10(7-8)9-3-1-2-4-11(9)14-12;1-12-8(11)6-4-5(10)2-3-7(6)9;2-1-3/h3-12,23H,1-2H3;3-11H,1-2H3;2-11H,1H3;5-11H,1-4H3;1-8H3;1-7H;2-4H,1H3;1H2. The Hall–Kier alpha value is -10.4. The van der Waals surface area contributed by atoms with Gasteiger partial charge in [0.15, 0.2) is 0 Å². The number of methoxy groups -OCH3 is 2. The van der Waals surface area contributed by atoms with Crippen LogP contribution >= 0.6 is 101 Å². The van der Waals surface area contributed by atoms with E-state index in [1.165, 1.54) is 52.6 Å². The van der Waals surface area contributed by atoms with Gasteiger partial charge in [0.25, 0.3) is 0 Å². The van der Waals surface area contributed by atoms with E-state index in [-0.39, 0.29) is 51.5 Å². The Kier molecular flexibility index (Phi) is 29.9. The number of benzene rings is 14. The lowest BCUT2D eigenvalue weighted by molar-refractivity contribution is 0.00578. The van der Waals surface area contributed by atoms with Gasteiger partial charge in [0.05, 0.1) is 69.9 Å². The Bertz CT molecular complexity index is 7820. The number of carbonyl (C=O) groups excluding carboxylic acids is 2. The molecule has 19 aromatic rings. The summed E-state index contributed by atoms with van der Waals surface area (Å²) in [5, 5.41) is 24.2. The predicted molar refractivity (Wildman–Crippen MR) is 581 cm³/mol. The van der Waals surface area contributed by atoms with Crippen LogP contribution < -0.4 is 5.46 Å². The SMILES string of the molecule is Brc1ccc2oc3ccccc3c2c1.CC(C)(O)c1cc(Cl)ccc1-c1ccc2oc3ccccc3c2c1.CC1(C)OB(B2OC(C)(C)C(C)(C)O2)OC1(C)C.CC1(C)OB(c2ccc3oc4ccccc4c3c2)OC1(C)C.CC1(C)c2cc(Cl)ccc2-c2cc3c(cc21)oc1ccccc13.COC(=O)c1cc(Cl)ccc1-c1ccc2oc3ccccc3c2c1.COC(=O)c1cc(Cl)ccc1Br.ClCCl. The van der Waals surface area contributed by atoms with Crippen molar-refractivity contribution in [3.63, 3.8) is 0 Å². The Labute approximate surface area is 861 Å². The van der Waals surface area contributed by atoms with Crippen LogP contribution in [0.25, 0.3) is 143 Å². The lowest BCUT2D eigenvalue weighted by Crippen LogP contribution is -2.41. The largest absolute Gasteiger partial charge is 0.494 e. The number of carbonyl (C=O) groups is 2. The summed E-state index contributed by atoms with van der Waals surface area (Å²) in [6.07, 6.45) is 0. The first kappa shape index (κ1) is 103. The Morgan fingerprint density at radius 2 is 0.650 bits per heavy atom. The van der Waals surface area contributed by atoms with Crippen LogP contribution in [0.2, 0.25) is 20.1 Å². The molecular formula is C113H103B3Br2Cl6O16. The monoisotopic (exact) mass is 2120 g/mol. The highest BCUT2D eigenvalue weighted by atomic mass is 79.9. The minimum absolute atomic E-state index is 0.0667. The van der Waals surface area contributed by atoms with E-state index in [2.05, 4.69) is 151 Å².